The van der Waals surface area contributed by atoms with E-state index in [1.54, 1.807) is 54.6 Å². The molecule has 3 aromatic carbocycles. The van der Waals surface area contributed by atoms with Crippen molar-refractivity contribution in [2.24, 2.45) is 0 Å². The molecule has 1 atom stereocenters. The van der Waals surface area contributed by atoms with E-state index in [0.29, 0.717) is 32.8 Å². The smallest absolute Gasteiger partial charge is 0.308 e. The Morgan fingerprint density at radius 3 is 2.25 bits per heavy atom. The Kier molecular flexibility index (Phi) is 7.26. The summed E-state index contributed by atoms with van der Waals surface area (Å²) in [5.41, 5.74) is 2.48. The number of carbonyl (C=O) groups excluding carboxylic acids is 3. The van der Waals surface area contributed by atoms with Gasteiger partial charge < -0.3 is 14.6 Å². The summed E-state index contributed by atoms with van der Waals surface area (Å²) in [6, 6.07) is 17.9. The second kappa shape index (κ2) is 10.4. The number of aryl methyl sites for hydroxylation is 1. The highest BCUT2D eigenvalue weighted by atomic mass is 79.9. The monoisotopic (exact) mass is 549 g/mol. The number of hydrogen-bond donors (Lipinski definition) is 1. The van der Waals surface area contributed by atoms with Gasteiger partial charge in [-0.25, -0.2) is 0 Å². The molecule has 7 nitrogen and oxygen atoms in total. The lowest BCUT2D eigenvalue weighted by atomic mass is 9.95. The van der Waals surface area contributed by atoms with Crippen molar-refractivity contribution < 1.29 is 29.0 Å². The topological polar surface area (TPSA) is 93.1 Å². The van der Waals surface area contributed by atoms with Gasteiger partial charge in [-0.15, -0.1) is 0 Å². The van der Waals surface area contributed by atoms with Crippen LogP contribution in [0.5, 0.6) is 11.5 Å². The van der Waals surface area contributed by atoms with Crippen LogP contribution in [0.25, 0.3) is 5.76 Å². The Labute approximate surface area is 217 Å². The fourth-order valence-corrected chi connectivity index (χ4v) is 4.70. The molecule has 184 valence electrons. The summed E-state index contributed by atoms with van der Waals surface area (Å²) >= 11 is 3.40. The molecule has 0 saturated carbocycles. The standard InChI is InChI=1S/C28H24BrNO6/c1-4-17-5-10-20(11-6-17)30-25(18-7-12-21(13-8-18)36-16(2)31)24(27(33)28(30)34)26(32)19-9-14-23(35-3)22(29)15-19/h5-15,25,32H,4H2,1-3H3/b26-24-. The molecule has 0 bridgehead atoms. The summed E-state index contributed by atoms with van der Waals surface area (Å²) in [5, 5.41) is 11.3. The van der Waals surface area contributed by atoms with Crippen LogP contribution in [0.15, 0.2) is 76.8 Å². The molecule has 0 aromatic heterocycles. The van der Waals surface area contributed by atoms with Crippen molar-refractivity contribution in [2.75, 3.05) is 12.0 Å². The minimum Gasteiger partial charge on any atom is -0.507 e. The number of amides is 1. The van der Waals surface area contributed by atoms with E-state index in [4.69, 9.17) is 9.47 Å². The molecule has 3 aromatic rings. The van der Waals surface area contributed by atoms with Gasteiger partial charge in [-0.3, -0.25) is 19.3 Å². The van der Waals surface area contributed by atoms with Crippen molar-refractivity contribution in [1.29, 1.82) is 0 Å². The van der Waals surface area contributed by atoms with Crippen LogP contribution in [-0.4, -0.2) is 29.9 Å². The van der Waals surface area contributed by atoms with Gasteiger partial charge in [0.15, 0.2) is 0 Å². The van der Waals surface area contributed by atoms with E-state index in [2.05, 4.69) is 15.9 Å². The van der Waals surface area contributed by atoms with E-state index in [-0.39, 0.29) is 11.3 Å². The predicted octanol–water partition coefficient (Wildman–Crippen LogP) is 5.57. The van der Waals surface area contributed by atoms with Gasteiger partial charge in [-0.2, -0.15) is 0 Å². The van der Waals surface area contributed by atoms with Crippen molar-refractivity contribution in [3.8, 4) is 11.5 Å². The Bertz CT molecular complexity index is 1360. The zero-order valence-electron chi connectivity index (χ0n) is 19.9. The lowest BCUT2D eigenvalue weighted by Gasteiger charge is -2.25. The van der Waals surface area contributed by atoms with Crippen LogP contribution < -0.4 is 14.4 Å². The third-order valence-electron chi connectivity index (χ3n) is 5.95. The number of aliphatic hydroxyl groups is 1. The molecule has 1 unspecified atom stereocenters. The normalized spacial score (nSPS) is 16.8. The van der Waals surface area contributed by atoms with Gasteiger partial charge in [-0.05, 0) is 75.9 Å². The molecular formula is C28H24BrNO6. The predicted molar refractivity (Wildman–Crippen MR) is 139 cm³/mol. The van der Waals surface area contributed by atoms with Crippen molar-refractivity contribution in [2.45, 2.75) is 26.3 Å². The molecule has 1 fully saturated rings. The number of benzene rings is 3. The number of anilines is 1. The lowest BCUT2D eigenvalue weighted by molar-refractivity contribution is -0.132. The Morgan fingerprint density at radius 1 is 1.03 bits per heavy atom. The number of Topliss-reactive ketones (excluding diaryl/α,β-unsaturated/α-hetero) is 1. The second-order valence-corrected chi connectivity index (χ2v) is 9.06. The molecule has 1 amide bonds. The van der Waals surface area contributed by atoms with Crippen LogP contribution >= 0.6 is 15.9 Å². The zero-order valence-corrected chi connectivity index (χ0v) is 21.5. The second-order valence-electron chi connectivity index (χ2n) is 8.20. The number of nitrogens with zero attached hydrogens (tertiary/aromatic N) is 1. The minimum atomic E-state index is -0.898. The highest BCUT2D eigenvalue weighted by Crippen LogP contribution is 2.43. The van der Waals surface area contributed by atoms with Crippen molar-refractivity contribution in [3.05, 3.63) is 93.5 Å². The SMILES string of the molecule is CCc1ccc(N2C(=O)C(=O)/C(=C(\O)c3ccc(OC)c(Br)c3)C2c2ccc(OC(C)=O)cc2)cc1. The van der Waals surface area contributed by atoms with E-state index in [0.717, 1.165) is 12.0 Å². The molecule has 0 aliphatic carbocycles. The van der Waals surface area contributed by atoms with Gasteiger partial charge in [0.2, 0.25) is 0 Å². The van der Waals surface area contributed by atoms with Crippen molar-refractivity contribution >= 4 is 45.0 Å². The van der Waals surface area contributed by atoms with Crippen molar-refractivity contribution in [1.82, 2.24) is 0 Å². The van der Waals surface area contributed by atoms with Crippen LogP contribution in [0.3, 0.4) is 0 Å². The summed E-state index contributed by atoms with van der Waals surface area (Å²) in [6.07, 6.45) is 0.826. The fourth-order valence-electron chi connectivity index (χ4n) is 4.16. The van der Waals surface area contributed by atoms with E-state index in [9.17, 15) is 19.5 Å². The van der Waals surface area contributed by atoms with E-state index in [1.807, 2.05) is 19.1 Å². The van der Waals surface area contributed by atoms with Gasteiger partial charge in [0.1, 0.15) is 17.3 Å². The molecule has 0 radical (unpaired) electrons. The maximum Gasteiger partial charge on any atom is 0.308 e. The number of esters is 1. The van der Waals surface area contributed by atoms with Crippen LogP contribution in [0.4, 0.5) is 5.69 Å². The quantitative estimate of drug-likeness (QED) is 0.142. The van der Waals surface area contributed by atoms with Gasteiger partial charge in [0, 0.05) is 18.2 Å². The first kappa shape index (κ1) is 25.2. The highest BCUT2D eigenvalue weighted by Gasteiger charge is 2.47. The first-order valence-electron chi connectivity index (χ1n) is 11.3. The number of carbonyl (C=O) groups is 3. The Balaban J connectivity index is 1.89. The van der Waals surface area contributed by atoms with Gasteiger partial charge in [0.25, 0.3) is 11.7 Å². The third-order valence-corrected chi connectivity index (χ3v) is 6.57. The van der Waals surface area contributed by atoms with Crippen LogP contribution in [0.2, 0.25) is 0 Å². The van der Waals surface area contributed by atoms with Crippen LogP contribution in [-0.2, 0) is 20.8 Å². The molecule has 0 spiro atoms. The lowest BCUT2D eigenvalue weighted by Crippen LogP contribution is -2.29. The molecule has 1 aliphatic rings. The number of rotatable bonds is 6. The van der Waals surface area contributed by atoms with E-state index >= 15 is 0 Å². The van der Waals surface area contributed by atoms with E-state index in [1.165, 1.54) is 18.9 Å². The summed E-state index contributed by atoms with van der Waals surface area (Å²) < 4.78 is 11.0. The Morgan fingerprint density at radius 2 is 1.69 bits per heavy atom. The molecular weight excluding hydrogens is 526 g/mol. The molecule has 4 rings (SSSR count). The number of ether oxygens (including phenoxy) is 2. The average molecular weight is 550 g/mol. The maximum atomic E-state index is 13.3. The van der Waals surface area contributed by atoms with Gasteiger partial charge in [-0.1, -0.05) is 31.2 Å². The first-order valence-corrected chi connectivity index (χ1v) is 12.1. The Hall–Kier alpha value is -3.91. The first-order chi connectivity index (χ1) is 17.2. The largest absolute Gasteiger partial charge is 0.507 e. The average Bonchev–Trinajstić information content (AvgIpc) is 3.14. The molecule has 1 N–H and O–H groups in total. The number of halogens is 1. The van der Waals surface area contributed by atoms with Crippen LogP contribution in [0.1, 0.15) is 36.6 Å². The number of methoxy groups -OCH3 is 1. The molecule has 36 heavy (non-hydrogen) atoms. The molecule has 1 saturated heterocycles. The van der Waals surface area contributed by atoms with E-state index < -0.39 is 23.7 Å². The minimum absolute atomic E-state index is 0.0446. The summed E-state index contributed by atoms with van der Waals surface area (Å²) in [4.78, 5) is 39.3. The number of hydrogen-bond acceptors (Lipinski definition) is 6. The fraction of sp³-hybridized carbons (Fsp3) is 0.179. The number of aliphatic hydroxyl groups excluding tert-OH is 1. The maximum absolute atomic E-state index is 13.3. The zero-order chi connectivity index (χ0) is 26.0. The molecule has 1 aliphatic heterocycles. The molecule has 8 heteroatoms. The highest BCUT2D eigenvalue weighted by molar-refractivity contribution is 9.10. The van der Waals surface area contributed by atoms with Gasteiger partial charge >= 0.3 is 5.97 Å². The van der Waals surface area contributed by atoms with Crippen molar-refractivity contribution in [3.63, 3.8) is 0 Å². The summed E-state index contributed by atoms with van der Waals surface area (Å²) in [5.74, 6) is -1.43. The third kappa shape index (κ3) is 4.77. The number of ketones is 1. The van der Waals surface area contributed by atoms with Gasteiger partial charge in [0.05, 0.1) is 23.2 Å². The molecule has 1 heterocycles. The summed E-state index contributed by atoms with van der Waals surface area (Å²) in [6.45, 7) is 3.33. The summed E-state index contributed by atoms with van der Waals surface area (Å²) in [7, 11) is 1.52. The van der Waals surface area contributed by atoms with Crippen LogP contribution in [0, 0.1) is 0 Å².